The average molecular weight is 483 g/mol. The van der Waals surface area contributed by atoms with Gasteiger partial charge in [-0.2, -0.15) is 18.4 Å². The van der Waals surface area contributed by atoms with Gasteiger partial charge in [-0.25, -0.2) is 4.98 Å². The first kappa shape index (κ1) is 23.2. The number of halogens is 3. The maximum atomic E-state index is 13.6. The number of carbonyl (C=O) groups is 1. The molecule has 0 atom stereocenters. The highest BCUT2D eigenvalue weighted by Crippen LogP contribution is 2.51. The molecule has 0 unspecified atom stereocenters. The maximum absolute atomic E-state index is 13.6. The molecule has 5 rings (SSSR count). The van der Waals surface area contributed by atoms with Gasteiger partial charge in [0.2, 0.25) is 0 Å². The Morgan fingerprint density at radius 1 is 1.14 bits per heavy atom. The summed E-state index contributed by atoms with van der Waals surface area (Å²) in [7, 11) is 0. The van der Waals surface area contributed by atoms with Gasteiger partial charge in [0, 0.05) is 6.04 Å². The molecule has 2 aliphatic carbocycles. The van der Waals surface area contributed by atoms with E-state index in [1.54, 1.807) is 0 Å². The quantitative estimate of drug-likeness (QED) is 0.583. The summed E-state index contributed by atoms with van der Waals surface area (Å²) in [6.07, 6.45) is 1.81. The van der Waals surface area contributed by atoms with E-state index in [2.05, 4.69) is 11.6 Å². The molecule has 1 amide bonds. The third kappa shape index (κ3) is 3.91. The highest BCUT2D eigenvalue weighted by molar-refractivity contribution is 6.06. The zero-order chi connectivity index (χ0) is 24.8. The number of hydrogen-bond acceptors (Lipinski definition) is 5. The molecule has 1 aliphatic heterocycles. The van der Waals surface area contributed by atoms with Crippen molar-refractivity contribution in [1.82, 2.24) is 9.88 Å². The van der Waals surface area contributed by atoms with Crippen LogP contribution >= 0.6 is 0 Å². The van der Waals surface area contributed by atoms with Crippen molar-refractivity contribution >= 4 is 11.6 Å². The number of hydrogen-bond donors (Lipinski definition) is 0. The van der Waals surface area contributed by atoms with Crippen LogP contribution < -0.4 is 9.64 Å². The summed E-state index contributed by atoms with van der Waals surface area (Å²) in [5.74, 6) is 0.935. The highest BCUT2D eigenvalue weighted by atomic mass is 19.4. The first-order valence-corrected chi connectivity index (χ1v) is 11.8. The number of amides is 1. The van der Waals surface area contributed by atoms with Gasteiger partial charge >= 0.3 is 6.18 Å². The van der Waals surface area contributed by atoms with E-state index in [0.29, 0.717) is 18.7 Å². The number of alkyl halides is 3. The predicted molar refractivity (Wildman–Crippen MR) is 122 cm³/mol. The fourth-order valence-electron chi connectivity index (χ4n) is 5.57. The predicted octanol–water partition coefficient (Wildman–Crippen LogP) is 5.40. The van der Waals surface area contributed by atoms with Crippen molar-refractivity contribution in [1.29, 1.82) is 5.26 Å². The average Bonchev–Trinajstić information content (AvgIpc) is 3.06. The van der Waals surface area contributed by atoms with Gasteiger partial charge in [-0.05, 0) is 63.1 Å². The molecule has 0 radical (unpaired) electrons. The maximum Gasteiger partial charge on any atom is 0.419 e. The van der Waals surface area contributed by atoms with Crippen LogP contribution in [0.5, 0.6) is 5.75 Å². The number of pyridine rings is 1. The number of aromatic nitrogens is 1. The van der Waals surface area contributed by atoms with Gasteiger partial charge in [0.05, 0.1) is 23.6 Å². The van der Waals surface area contributed by atoms with E-state index in [1.165, 1.54) is 11.0 Å². The van der Waals surface area contributed by atoms with E-state index >= 15 is 0 Å². The summed E-state index contributed by atoms with van der Waals surface area (Å²) in [6, 6.07) is 12.0. The van der Waals surface area contributed by atoms with E-state index in [0.717, 1.165) is 50.1 Å². The number of benzene rings is 1. The Balaban J connectivity index is 1.38. The summed E-state index contributed by atoms with van der Waals surface area (Å²) >= 11 is 0. The molecule has 2 aromatic rings. The van der Waals surface area contributed by atoms with Gasteiger partial charge in [0.25, 0.3) is 5.91 Å². The molecule has 1 saturated heterocycles. The van der Waals surface area contributed by atoms with Crippen molar-refractivity contribution in [2.45, 2.75) is 68.8 Å². The molecule has 6 nitrogen and oxygen atoms in total. The molecule has 1 spiro atoms. The van der Waals surface area contributed by atoms with E-state index in [1.807, 2.05) is 35.2 Å². The number of nitrogens with zero attached hydrogens (tertiary/aromatic N) is 4. The standard InChI is InChI=1S/C26H25F3N4O2/c1-17-32(19-14-22(26(27,28)29)23(15-30)31-16-19)24(34)25(12-5-13-25)33(17)18-8-10-21(11-9-18)35-20-6-3-2-4-7-20/h2-4,6-7,14,16,18,21H,1,5,8-13H2/t18-,21-. The Morgan fingerprint density at radius 3 is 2.40 bits per heavy atom. The molecule has 1 aromatic heterocycles. The monoisotopic (exact) mass is 482 g/mol. The molecule has 1 aromatic carbocycles. The molecule has 35 heavy (non-hydrogen) atoms. The Hall–Kier alpha value is -3.54. The van der Waals surface area contributed by atoms with Crippen molar-refractivity contribution < 1.29 is 22.7 Å². The molecule has 182 valence electrons. The van der Waals surface area contributed by atoms with Gasteiger partial charge in [-0.1, -0.05) is 24.8 Å². The zero-order valence-electron chi connectivity index (χ0n) is 19.1. The minimum Gasteiger partial charge on any atom is -0.490 e. The molecule has 0 bridgehead atoms. The summed E-state index contributed by atoms with van der Waals surface area (Å²) in [6.45, 7) is 4.14. The first-order valence-electron chi connectivity index (χ1n) is 11.8. The zero-order valence-corrected chi connectivity index (χ0v) is 19.1. The lowest BCUT2D eigenvalue weighted by Gasteiger charge is -2.49. The van der Waals surface area contributed by atoms with Crippen LogP contribution in [0.3, 0.4) is 0 Å². The number of para-hydroxylation sites is 1. The van der Waals surface area contributed by atoms with Crippen LogP contribution in [-0.2, 0) is 11.0 Å². The molecule has 0 N–H and O–H groups in total. The Bertz CT molecular complexity index is 1180. The van der Waals surface area contributed by atoms with E-state index in [4.69, 9.17) is 10.00 Å². The van der Waals surface area contributed by atoms with Crippen LogP contribution in [0.4, 0.5) is 18.9 Å². The molecule has 9 heteroatoms. The van der Waals surface area contributed by atoms with Gasteiger partial charge in [-0.15, -0.1) is 0 Å². The topological polar surface area (TPSA) is 69.5 Å². The Kier molecular flexibility index (Phi) is 5.70. The third-order valence-corrected chi connectivity index (χ3v) is 7.38. The molecule has 3 aliphatic rings. The number of rotatable bonds is 4. The second kappa shape index (κ2) is 8.59. The van der Waals surface area contributed by atoms with E-state index in [9.17, 15) is 18.0 Å². The van der Waals surface area contributed by atoms with Crippen molar-refractivity contribution in [3.8, 4) is 11.8 Å². The molecule has 2 heterocycles. The van der Waals surface area contributed by atoms with Crippen LogP contribution in [0.15, 0.2) is 55.0 Å². The fourth-order valence-corrected chi connectivity index (χ4v) is 5.57. The molecule has 2 saturated carbocycles. The minimum absolute atomic E-state index is 0.0128. The van der Waals surface area contributed by atoms with E-state index in [-0.39, 0.29) is 23.7 Å². The van der Waals surface area contributed by atoms with Crippen molar-refractivity contribution in [2.24, 2.45) is 0 Å². The number of nitriles is 1. The van der Waals surface area contributed by atoms with Crippen molar-refractivity contribution in [3.63, 3.8) is 0 Å². The van der Waals surface area contributed by atoms with Crippen LogP contribution in [0.2, 0.25) is 0 Å². The first-order chi connectivity index (χ1) is 16.7. The second-order valence-electron chi connectivity index (χ2n) is 9.37. The normalized spacial score (nSPS) is 23.8. The van der Waals surface area contributed by atoms with Gasteiger partial charge in [0.1, 0.15) is 23.2 Å². The Morgan fingerprint density at radius 2 is 1.83 bits per heavy atom. The third-order valence-electron chi connectivity index (χ3n) is 7.38. The second-order valence-corrected chi connectivity index (χ2v) is 9.37. The number of anilines is 1. The minimum atomic E-state index is -4.76. The van der Waals surface area contributed by atoms with Crippen LogP contribution in [0.1, 0.15) is 56.2 Å². The van der Waals surface area contributed by atoms with Gasteiger partial charge in [0.15, 0.2) is 5.69 Å². The van der Waals surface area contributed by atoms with Crippen LogP contribution in [0.25, 0.3) is 0 Å². The van der Waals surface area contributed by atoms with Gasteiger partial charge < -0.3 is 9.64 Å². The molecular formula is C26H25F3N4O2. The largest absolute Gasteiger partial charge is 0.490 e. The van der Waals surface area contributed by atoms with Crippen LogP contribution in [0, 0.1) is 11.3 Å². The summed E-state index contributed by atoms with van der Waals surface area (Å²) in [4.78, 5) is 20.6. The highest BCUT2D eigenvalue weighted by Gasteiger charge is 2.60. The summed E-state index contributed by atoms with van der Waals surface area (Å²) in [5, 5.41) is 9.07. The lowest BCUT2D eigenvalue weighted by Crippen LogP contribution is -2.58. The van der Waals surface area contributed by atoms with E-state index < -0.39 is 23.0 Å². The Labute approximate surface area is 201 Å². The summed E-state index contributed by atoms with van der Waals surface area (Å²) in [5.41, 5.74) is -2.66. The SMILES string of the molecule is C=C1N(c2cnc(C#N)c(C(F)(F)F)c2)C(=O)C2(CCC2)N1[C@H]1CC[C@H](Oc2ccccc2)CC1. The lowest BCUT2D eigenvalue weighted by molar-refractivity contribution is -0.138. The number of ether oxygens (including phenoxy) is 1. The lowest BCUT2D eigenvalue weighted by atomic mass is 9.73. The smallest absolute Gasteiger partial charge is 0.419 e. The van der Waals surface area contributed by atoms with Crippen molar-refractivity contribution in [3.05, 3.63) is 66.3 Å². The fraction of sp³-hybridized carbons (Fsp3) is 0.423. The summed E-state index contributed by atoms with van der Waals surface area (Å²) < 4.78 is 46.7. The van der Waals surface area contributed by atoms with Gasteiger partial charge in [-0.3, -0.25) is 9.69 Å². The molecule has 3 fully saturated rings. The van der Waals surface area contributed by atoms with Crippen molar-refractivity contribution in [2.75, 3.05) is 4.90 Å². The number of carbonyl (C=O) groups excluding carboxylic acids is 1. The molecular weight excluding hydrogens is 457 g/mol. The van der Waals surface area contributed by atoms with Crippen LogP contribution in [-0.4, -0.2) is 33.5 Å².